The number of hydrogen-bond donors (Lipinski definition) is 1. The van der Waals surface area contributed by atoms with E-state index in [9.17, 15) is 0 Å². The molecule has 0 bridgehead atoms. The predicted octanol–water partition coefficient (Wildman–Crippen LogP) is 2.97. The molecule has 4 aromatic rings. The lowest BCUT2D eigenvalue weighted by atomic mass is 10.0. The molecule has 0 aliphatic carbocycles. The Kier molecular flexibility index (Phi) is 6.28. The van der Waals surface area contributed by atoms with Crippen LogP contribution in [-0.4, -0.2) is 38.5 Å². The van der Waals surface area contributed by atoms with Crippen LogP contribution in [0.15, 0.2) is 67.1 Å². The minimum Gasteiger partial charge on any atom is -0.366 e. The summed E-state index contributed by atoms with van der Waals surface area (Å²) < 4.78 is 2.57. The molecule has 0 aliphatic rings. The summed E-state index contributed by atoms with van der Waals surface area (Å²) in [5, 5.41) is 7.83. The Bertz CT molecular complexity index is 1070. The van der Waals surface area contributed by atoms with Crippen LogP contribution >= 0.6 is 22.6 Å². The molecule has 0 saturated carbocycles. The van der Waals surface area contributed by atoms with Gasteiger partial charge in [-0.05, 0) is 29.1 Å². The monoisotopic (exact) mass is 494 g/mol. The van der Waals surface area contributed by atoms with Crippen molar-refractivity contribution >= 4 is 53.2 Å². The van der Waals surface area contributed by atoms with Gasteiger partial charge >= 0.3 is 0 Å². The summed E-state index contributed by atoms with van der Waals surface area (Å²) >= 11 is 2.37. The maximum absolute atomic E-state index is 6.12. The molecule has 0 saturated heterocycles. The van der Waals surface area contributed by atoms with E-state index in [0.29, 0.717) is 17.7 Å². The van der Waals surface area contributed by atoms with E-state index < -0.39 is 0 Å². The van der Waals surface area contributed by atoms with Crippen molar-refractivity contribution in [1.82, 2.24) is 19.6 Å². The zero-order valence-corrected chi connectivity index (χ0v) is 18.0. The van der Waals surface area contributed by atoms with Crippen molar-refractivity contribution in [3.63, 3.8) is 0 Å². The summed E-state index contributed by atoms with van der Waals surface area (Å²) in [6, 6.07) is 16.5. The maximum Gasteiger partial charge on any atom is 0.152 e. The van der Waals surface area contributed by atoms with Gasteiger partial charge in [-0.25, -0.2) is 4.98 Å². The summed E-state index contributed by atoms with van der Waals surface area (Å²) in [5.41, 5.74) is 3.62. The highest BCUT2D eigenvalue weighted by atomic mass is 127. The Morgan fingerprint density at radius 2 is 1.90 bits per heavy atom. The first-order chi connectivity index (χ1) is 14.2. The molecule has 144 valence electrons. The lowest BCUT2D eigenvalue weighted by molar-refractivity contribution is 0.844. The van der Waals surface area contributed by atoms with Gasteiger partial charge in [-0.3, -0.25) is 4.98 Å². The van der Waals surface area contributed by atoms with Gasteiger partial charge in [-0.15, -0.1) is 0 Å². The highest BCUT2D eigenvalue weighted by Gasteiger charge is 2.14. The Hall–Kier alpha value is -2.62. The molecule has 0 unspecified atom stereocenters. The number of fused-ring (bicyclic) bond motifs is 1. The Balaban J connectivity index is 1.60. The van der Waals surface area contributed by atoms with Gasteiger partial charge in [0.2, 0.25) is 0 Å². The fourth-order valence-electron chi connectivity index (χ4n) is 3.09. The minimum atomic E-state index is 0.563. The standard InChI is InChI=1S/C21H20BIN6/c22-18-14-26-29-19(25-13-17-7-4-9-24-12-17)11-20(27-21(18)29)28(15-23)10-8-16-5-2-1-3-6-16/h1-7,9,11-12,14,25H,8,10,13,15H2. The molecule has 29 heavy (non-hydrogen) atoms. The quantitative estimate of drug-likeness (QED) is 0.177. The number of anilines is 2. The van der Waals surface area contributed by atoms with Gasteiger partial charge in [0, 0.05) is 37.7 Å². The molecule has 0 spiro atoms. The van der Waals surface area contributed by atoms with E-state index in [-0.39, 0.29) is 0 Å². The van der Waals surface area contributed by atoms with E-state index in [0.717, 1.165) is 34.7 Å². The normalized spacial score (nSPS) is 10.9. The van der Waals surface area contributed by atoms with Crippen molar-refractivity contribution in [3.8, 4) is 0 Å². The van der Waals surface area contributed by atoms with Crippen molar-refractivity contribution in [3.05, 3.63) is 78.2 Å². The van der Waals surface area contributed by atoms with Crippen molar-refractivity contribution < 1.29 is 0 Å². The van der Waals surface area contributed by atoms with Gasteiger partial charge in [-0.2, -0.15) is 9.61 Å². The summed E-state index contributed by atoms with van der Waals surface area (Å²) in [6.07, 6.45) is 6.20. The number of aromatic nitrogens is 4. The fourth-order valence-corrected chi connectivity index (χ4v) is 3.79. The van der Waals surface area contributed by atoms with Crippen molar-refractivity contribution in [2.45, 2.75) is 13.0 Å². The maximum atomic E-state index is 6.12. The van der Waals surface area contributed by atoms with E-state index >= 15 is 0 Å². The van der Waals surface area contributed by atoms with Crippen LogP contribution in [0, 0.1) is 0 Å². The van der Waals surface area contributed by atoms with Crippen molar-refractivity contribution in [1.29, 1.82) is 0 Å². The molecule has 0 atom stereocenters. The number of pyridine rings is 1. The molecule has 3 aromatic heterocycles. The molecule has 0 fully saturated rings. The molecule has 1 aromatic carbocycles. The molecule has 2 radical (unpaired) electrons. The Morgan fingerprint density at radius 3 is 2.66 bits per heavy atom. The summed E-state index contributed by atoms with van der Waals surface area (Å²) in [7, 11) is 6.12. The van der Waals surface area contributed by atoms with Crippen LogP contribution in [-0.2, 0) is 13.0 Å². The summed E-state index contributed by atoms with van der Waals surface area (Å²) in [5.74, 6) is 1.73. The number of nitrogens with zero attached hydrogens (tertiary/aromatic N) is 5. The lowest BCUT2D eigenvalue weighted by Gasteiger charge is -2.22. The average Bonchev–Trinajstić information content (AvgIpc) is 3.15. The Morgan fingerprint density at radius 1 is 1.07 bits per heavy atom. The van der Waals surface area contributed by atoms with E-state index in [1.807, 2.05) is 30.5 Å². The summed E-state index contributed by atoms with van der Waals surface area (Å²) in [4.78, 5) is 11.2. The molecule has 0 aliphatic heterocycles. The van der Waals surface area contributed by atoms with Crippen molar-refractivity contribution in [2.24, 2.45) is 0 Å². The van der Waals surface area contributed by atoms with Gasteiger partial charge in [0.25, 0.3) is 0 Å². The zero-order chi connectivity index (χ0) is 20.1. The van der Waals surface area contributed by atoms with Gasteiger partial charge in [0.05, 0.1) is 4.55 Å². The first-order valence-electron chi connectivity index (χ1n) is 9.36. The SMILES string of the molecule is [B]c1cnn2c(NCc3cccnc3)cc(N(CI)CCc3ccccc3)nc12. The minimum absolute atomic E-state index is 0.563. The van der Waals surface area contributed by atoms with Gasteiger partial charge in [0.1, 0.15) is 19.5 Å². The van der Waals surface area contributed by atoms with Crippen LogP contribution in [0.25, 0.3) is 5.65 Å². The second-order valence-electron chi connectivity index (χ2n) is 6.67. The van der Waals surface area contributed by atoms with E-state index in [1.165, 1.54) is 5.56 Å². The largest absolute Gasteiger partial charge is 0.366 e. The third-order valence-corrected chi connectivity index (χ3v) is 5.49. The average molecular weight is 494 g/mol. The van der Waals surface area contributed by atoms with Crippen LogP contribution in [0.2, 0.25) is 0 Å². The molecule has 1 N–H and O–H groups in total. The van der Waals surface area contributed by atoms with E-state index in [1.54, 1.807) is 16.9 Å². The van der Waals surface area contributed by atoms with Crippen LogP contribution in [0.3, 0.4) is 0 Å². The van der Waals surface area contributed by atoms with Gasteiger partial charge in [0.15, 0.2) is 5.65 Å². The second kappa shape index (κ2) is 9.26. The van der Waals surface area contributed by atoms with Crippen LogP contribution < -0.4 is 15.7 Å². The highest BCUT2D eigenvalue weighted by Crippen LogP contribution is 2.20. The Labute approximate surface area is 184 Å². The van der Waals surface area contributed by atoms with Crippen LogP contribution in [0.4, 0.5) is 11.6 Å². The topological polar surface area (TPSA) is 58.4 Å². The van der Waals surface area contributed by atoms with Crippen LogP contribution in [0.1, 0.15) is 11.1 Å². The third kappa shape index (κ3) is 4.69. The molecule has 3 heterocycles. The number of benzene rings is 1. The first kappa shape index (κ1) is 19.7. The second-order valence-corrected chi connectivity index (χ2v) is 7.35. The molecular formula is C21H20BIN6. The third-order valence-electron chi connectivity index (χ3n) is 4.66. The van der Waals surface area contributed by atoms with E-state index in [2.05, 4.69) is 67.2 Å². The lowest BCUT2D eigenvalue weighted by Crippen LogP contribution is -2.26. The van der Waals surface area contributed by atoms with Gasteiger partial charge < -0.3 is 10.2 Å². The van der Waals surface area contributed by atoms with E-state index in [4.69, 9.17) is 12.8 Å². The molecular weight excluding hydrogens is 474 g/mol. The smallest absolute Gasteiger partial charge is 0.152 e. The molecule has 8 heteroatoms. The molecule has 0 amide bonds. The number of rotatable bonds is 8. The molecule has 4 rings (SSSR count). The molecule has 6 nitrogen and oxygen atoms in total. The van der Waals surface area contributed by atoms with Crippen molar-refractivity contribution in [2.75, 3.05) is 21.3 Å². The number of nitrogens with one attached hydrogen (secondary N) is 1. The van der Waals surface area contributed by atoms with Gasteiger partial charge in [-0.1, -0.05) is 59.0 Å². The highest BCUT2D eigenvalue weighted by molar-refractivity contribution is 14.1. The fraction of sp³-hybridized carbons (Fsp3) is 0.190. The zero-order valence-electron chi connectivity index (χ0n) is 15.9. The number of hydrogen-bond acceptors (Lipinski definition) is 5. The first-order valence-corrected chi connectivity index (χ1v) is 10.9. The predicted molar refractivity (Wildman–Crippen MR) is 126 cm³/mol. The van der Waals surface area contributed by atoms with Crippen LogP contribution in [0.5, 0.6) is 0 Å². The summed E-state index contributed by atoms with van der Waals surface area (Å²) in [6.45, 7) is 1.51. The number of alkyl halides is 1. The number of halogens is 1.